The van der Waals surface area contributed by atoms with Gasteiger partial charge in [-0.15, -0.1) is 0 Å². The van der Waals surface area contributed by atoms with Gasteiger partial charge in [0.25, 0.3) is 0 Å². The summed E-state index contributed by atoms with van der Waals surface area (Å²) >= 11 is 0. The second kappa shape index (κ2) is 5.65. The van der Waals surface area contributed by atoms with E-state index < -0.39 is 7.82 Å². The maximum absolute atomic E-state index is 8.55. The zero-order valence-electron chi connectivity index (χ0n) is 3.20. The molecule has 0 amide bonds. The Kier molecular flexibility index (Phi) is 12.8. The largest absolute Gasteiger partial charge is 0.822 e. The first-order valence-electron chi connectivity index (χ1n) is 0.730. The number of halogens is 1. The first-order valence-corrected chi connectivity index (χ1v) is 2.19. The van der Waals surface area contributed by atoms with Crippen LogP contribution in [-0.2, 0) is 4.57 Å². The Bertz CT molecular complexity index is 57.8. The van der Waals surface area contributed by atoms with Crippen LogP contribution in [-0.4, -0.2) is 45.5 Å². The van der Waals surface area contributed by atoms with Crippen LogP contribution >= 0.6 is 7.82 Å². The molecule has 0 aliphatic carbocycles. The molecule has 0 heterocycles. The van der Waals surface area contributed by atoms with Crippen LogP contribution in [0, 0.1) is 0 Å². The van der Waals surface area contributed by atoms with Crippen molar-refractivity contribution in [1.82, 2.24) is 0 Å². The standard InChI is InChI=1S/FH.H3O4P.Sr/c;1-5(2,3)4;/h1H;(H3,1,2,3,4);/p-3. The minimum absolute atomic E-state index is 0. The van der Waals surface area contributed by atoms with E-state index in [0.29, 0.717) is 0 Å². The summed E-state index contributed by atoms with van der Waals surface area (Å²) in [7, 11) is -5.39. The normalized spacial score (nSPS) is 8.43. The fourth-order valence-electron chi connectivity index (χ4n) is 0. The monoisotopic (exact) mass is 203 g/mol. The Balaban J connectivity index is -0.0000000800. The maximum atomic E-state index is 8.55. The van der Waals surface area contributed by atoms with E-state index in [1.54, 1.807) is 0 Å². The molecule has 0 N–H and O–H groups in total. The first-order chi connectivity index (χ1) is 2.00. The van der Waals surface area contributed by atoms with Crippen LogP contribution < -0.4 is 14.7 Å². The van der Waals surface area contributed by atoms with Crippen molar-refractivity contribution in [3.05, 3.63) is 0 Å². The van der Waals surface area contributed by atoms with Gasteiger partial charge < -0.3 is 19.2 Å². The molecule has 2 radical (unpaired) electrons. The molecule has 0 atom stereocenters. The van der Waals surface area contributed by atoms with E-state index >= 15 is 0 Å². The van der Waals surface area contributed by atoms with Gasteiger partial charge in [-0.3, -0.25) is 4.70 Å². The molecule has 0 aliphatic heterocycles. The van der Waals surface area contributed by atoms with Crippen molar-refractivity contribution >= 4 is 53.3 Å². The van der Waals surface area contributed by atoms with Crippen LogP contribution in [0.3, 0.4) is 0 Å². The van der Waals surface area contributed by atoms with E-state index in [1.165, 1.54) is 0 Å². The van der Waals surface area contributed by atoms with E-state index in [0.717, 1.165) is 0 Å². The smallest absolute Gasteiger partial charge is 0 e. The van der Waals surface area contributed by atoms with Crippen molar-refractivity contribution in [2.24, 2.45) is 0 Å². The number of phosphoric acid groups is 1. The third kappa shape index (κ3) is 99.1. The molecule has 0 bridgehead atoms. The molecule has 0 aromatic carbocycles. The Morgan fingerprint density at radius 3 is 1.14 bits per heavy atom. The molecule has 42 valence electrons. The predicted octanol–water partition coefficient (Wildman–Crippen LogP) is -3.05. The second-order valence-corrected chi connectivity index (χ2v) is 1.34. The molecule has 0 rings (SSSR count). The minimum atomic E-state index is -5.39. The zero-order valence-corrected chi connectivity index (χ0v) is 7.57. The second-order valence-electron chi connectivity index (χ2n) is 0.447. The summed E-state index contributed by atoms with van der Waals surface area (Å²) in [4.78, 5) is 25.6. The molecule has 0 unspecified atom stereocenters. The summed E-state index contributed by atoms with van der Waals surface area (Å²) in [6.45, 7) is 0. The molecule has 0 aromatic rings. The van der Waals surface area contributed by atoms with Crippen LogP contribution in [0.2, 0.25) is 0 Å². The Hall–Kier alpha value is 1.52. The summed E-state index contributed by atoms with van der Waals surface area (Å²) < 4.78 is 8.55. The van der Waals surface area contributed by atoms with Crippen molar-refractivity contribution in [1.29, 1.82) is 0 Å². The molecule has 0 fully saturated rings. The number of rotatable bonds is 0. The third-order valence-electron chi connectivity index (χ3n) is 0. The summed E-state index contributed by atoms with van der Waals surface area (Å²) in [5.41, 5.74) is 0. The van der Waals surface area contributed by atoms with E-state index in [4.69, 9.17) is 19.2 Å². The van der Waals surface area contributed by atoms with Gasteiger partial charge in [-0.25, -0.2) is 0 Å². The first kappa shape index (κ1) is 15.8. The van der Waals surface area contributed by atoms with Gasteiger partial charge >= 0.3 is 0 Å². The fraction of sp³-hybridized carbons (Fsp3) is 0. The van der Waals surface area contributed by atoms with Gasteiger partial charge in [0, 0.05) is 45.5 Å². The molecular formula is HFO4PSr-3. The van der Waals surface area contributed by atoms with Crippen molar-refractivity contribution in [2.45, 2.75) is 0 Å². The molecule has 0 spiro atoms. The number of hydrogen-bond acceptors (Lipinski definition) is 4. The Morgan fingerprint density at radius 1 is 1.14 bits per heavy atom. The number of hydrogen-bond donors (Lipinski definition) is 0. The van der Waals surface area contributed by atoms with Gasteiger partial charge in [-0.05, 0) is 0 Å². The molecule has 0 saturated carbocycles. The third-order valence-corrected chi connectivity index (χ3v) is 0. The summed E-state index contributed by atoms with van der Waals surface area (Å²) in [5, 5.41) is 0. The van der Waals surface area contributed by atoms with Gasteiger partial charge in [0.15, 0.2) is 0 Å². The summed E-state index contributed by atoms with van der Waals surface area (Å²) in [5.74, 6) is 0. The van der Waals surface area contributed by atoms with Gasteiger partial charge in [-0.2, -0.15) is 7.82 Å². The molecule has 7 heavy (non-hydrogen) atoms. The van der Waals surface area contributed by atoms with Crippen molar-refractivity contribution < 1.29 is 23.9 Å². The van der Waals surface area contributed by atoms with Gasteiger partial charge in [-0.1, -0.05) is 0 Å². The van der Waals surface area contributed by atoms with Gasteiger partial charge in [0.1, 0.15) is 0 Å². The van der Waals surface area contributed by atoms with E-state index in [-0.39, 0.29) is 50.2 Å². The van der Waals surface area contributed by atoms with Crippen LogP contribution in [0.1, 0.15) is 0 Å². The quantitative estimate of drug-likeness (QED) is 0.309. The van der Waals surface area contributed by atoms with Crippen molar-refractivity contribution in [2.75, 3.05) is 0 Å². The average molecular weight is 203 g/mol. The Labute approximate surface area is 76.4 Å². The summed E-state index contributed by atoms with van der Waals surface area (Å²) in [6.07, 6.45) is 0. The summed E-state index contributed by atoms with van der Waals surface area (Å²) in [6, 6.07) is 0. The van der Waals surface area contributed by atoms with Crippen molar-refractivity contribution in [3.63, 3.8) is 0 Å². The Morgan fingerprint density at radius 2 is 1.14 bits per heavy atom. The van der Waals surface area contributed by atoms with Crippen LogP contribution in [0.15, 0.2) is 0 Å². The van der Waals surface area contributed by atoms with Gasteiger partial charge in [0.05, 0.1) is 0 Å². The average Bonchev–Trinajstić information content (AvgIpc) is 0.722. The van der Waals surface area contributed by atoms with Crippen LogP contribution in [0.4, 0.5) is 4.70 Å². The fourth-order valence-corrected chi connectivity index (χ4v) is 0. The van der Waals surface area contributed by atoms with Crippen LogP contribution in [0.5, 0.6) is 0 Å². The molecule has 4 nitrogen and oxygen atoms in total. The topological polar surface area (TPSA) is 86.2 Å². The van der Waals surface area contributed by atoms with Crippen molar-refractivity contribution in [3.8, 4) is 0 Å². The predicted molar refractivity (Wildman–Crippen MR) is 15.9 cm³/mol. The molecule has 0 aliphatic rings. The minimum Gasteiger partial charge on any atom is -0.822 e. The molecule has 7 heteroatoms. The van der Waals surface area contributed by atoms with E-state index in [9.17, 15) is 0 Å². The SMILES string of the molecule is F.O=P([O-])([O-])[O-].[Sr]. The van der Waals surface area contributed by atoms with Gasteiger partial charge in [0.2, 0.25) is 0 Å². The van der Waals surface area contributed by atoms with Crippen LogP contribution in [0.25, 0.3) is 0 Å². The van der Waals surface area contributed by atoms with E-state index in [2.05, 4.69) is 0 Å². The molecular weight excluding hydrogens is 202 g/mol. The molecule has 0 aromatic heterocycles. The zero-order chi connectivity index (χ0) is 4.50. The molecule has 0 saturated heterocycles. The maximum Gasteiger partial charge on any atom is 0 e. The van der Waals surface area contributed by atoms with E-state index in [1.807, 2.05) is 0 Å².